The van der Waals surface area contributed by atoms with Crippen molar-refractivity contribution in [2.24, 2.45) is 5.73 Å². The molecule has 0 aliphatic rings. The zero-order chi connectivity index (χ0) is 11.4. The van der Waals surface area contributed by atoms with Crippen molar-refractivity contribution in [2.45, 2.75) is 32.4 Å². The van der Waals surface area contributed by atoms with Crippen molar-refractivity contribution in [1.82, 2.24) is 9.55 Å². The summed E-state index contributed by atoms with van der Waals surface area (Å²) in [4.78, 5) is 15.4. The number of aromatic nitrogens is 2. The average molecular weight is 211 g/mol. The lowest BCUT2D eigenvalue weighted by atomic mass is 10.1. The van der Waals surface area contributed by atoms with Crippen molar-refractivity contribution in [3.63, 3.8) is 0 Å². The molecule has 0 saturated heterocycles. The third kappa shape index (κ3) is 2.36. The number of imidazole rings is 1. The lowest BCUT2D eigenvalue weighted by Gasteiger charge is -2.17. The predicted octanol–water partition coefficient (Wildman–Crippen LogP) is 1.03. The van der Waals surface area contributed by atoms with Crippen LogP contribution in [0, 0.1) is 0 Å². The fourth-order valence-corrected chi connectivity index (χ4v) is 1.42. The fourth-order valence-electron chi connectivity index (χ4n) is 1.42. The van der Waals surface area contributed by atoms with Crippen molar-refractivity contribution in [2.75, 3.05) is 7.11 Å². The van der Waals surface area contributed by atoms with Gasteiger partial charge < -0.3 is 15.0 Å². The molecule has 0 saturated carbocycles. The Balaban J connectivity index is 2.94. The molecule has 0 fully saturated rings. The summed E-state index contributed by atoms with van der Waals surface area (Å²) >= 11 is 0. The number of esters is 1. The number of nitrogens with zero attached hydrogens (tertiary/aromatic N) is 2. The fraction of sp³-hybridized carbons (Fsp3) is 0.600. The molecule has 1 aromatic rings. The van der Waals surface area contributed by atoms with Crippen LogP contribution in [0.3, 0.4) is 0 Å². The zero-order valence-corrected chi connectivity index (χ0v) is 9.30. The molecule has 84 valence electrons. The summed E-state index contributed by atoms with van der Waals surface area (Å²) in [6, 6.07) is -0.482. The van der Waals surface area contributed by atoms with E-state index in [0.717, 1.165) is 12.1 Å². The van der Waals surface area contributed by atoms with Gasteiger partial charge in [-0.1, -0.05) is 6.92 Å². The van der Waals surface area contributed by atoms with E-state index in [1.807, 2.05) is 6.92 Å². The minimum Gasteiger partial charge on any atom is -0.467 e. The van der Waals surface area contributed by atoms with Gasteiger partial charge >= 0.3 is 5.97 Å². The lowest BCUT2D eigenvalue weighted by Crippen LogP contribution is -2.22. The Morgan fingerprint density at radius 3 is 2.93 bits per heavy atom. The van der Waals surface area contributed by atoms with Gasteiger partial charge in [0.2, 0.25) is 0 Å². The smallest absolute Gasteiger partial charge is 0.328 e. The Bertz CT molecular complexity index is 335. The van der Waals surface area contributed by atoms with Crippen LogP contribution >= 0.6 is 0 Å². The lowest BCUT2D eigenvalue weighted by molar-refractivity contribution is -0.144. The Kier molecular flexibility index (Phi) is 3.85. The predicted molar refractivity (Wildman–Crippen MR) is 56.2 cm³/mol. The van der Waals surface area contributed by atoms with Crippen molar-refractivity contribution < 1.29 is 9.53 Å². The van der Waals surface area contributed by atoms with Crippen LogP contribution in [0.15, 0.2) is 12.5 Å². The van der Waals surface area contributed by atoms with Crippen LogP contribution in [0.4, 0.5) is 0 Å². The summed E-state index contributed by atoms with van der Waals surface area (Å²) in [7, 11) is 1.37. The maximum Gasteiger partial charge on any atom is 0.328 e. The molecule has 0 bridgehead atoms. The largest absolute Gasteiger partial charge is 0.467 e. The third-order valence-electron chi connectivity index (χ3n) is 2.48. The van der Waals surface area contributed by atoms with E-state index in [4.69, 9.17) is 5.73 Å². The van der Waals surface area contributed by atoms with E-state index in [1.54, 1.807) is 24.0 Å². The van der Waals surface area contributed by atoms with E-state index in [9.17, 15) is 4.79 Å². The highest BCUT2D eigenvalue weighted by molar-refractivity contribution is 5.73. The summed E-state index contributed by atoms with van der Waals surface area (Å²) in [5, 5.41) is 0. The van der Waals surface area contributed by atoms with Gasteiger partial charge in [0.05, 0.1) is 19.1 Å². The second-order valence-electron chi connectivity index (χ2n) is 3.44. The molecule has 0 radical (unpaired) electrons. The van der Waals surface area contributed by atoms with Crippen molar-refractivity contribution in [3.8, 4) is 0 Å². The number of methoxy groups -OCH3 is 1. The molecular formula is C10H17N3O2. The molecule has 1 rings (SSSR count). The summed E-state index contributed by atoms with van der Waals surface area (Å²) in [6.45, 7) is 3.75. The molecule has 5 nitrogen and oxygen atoms in total. The van der Waals surface area contributed by atoms with Gasteiger partial charge in [0.15, 0.2) is 0 Å². The van der Waals surface area contributed by atoms with Gasteiger partial charge in [0, 0.05) is 12.2 Å². The van der Waals surface area contributed by atoms with E-state index >= 15 is 0 Å². The molecule has 0 aliphatic carbocycles. The van der Waals surface area contributed by atoms with Crippen LogP contribution in [-0.4, -0.2) is 22.6 Å². The maximum atomic E-state index is 11.4. The quantitative estimate of drug-likeness (QED) is 0.755. The highest BCUT2D eigenvalue weighted by Gasteiger charge is 2.19. The molecule has 0 spiro atoms. The second-order valence-corrected chi connectivity index (χ2v) is 3.44. The minimum absolute atomic E-state index is 0.0976. The Morgan fingerprint density at radius 1 is 1.73 bits per heavy atom. The normalized spacial score (nSPS) is 14.7. The summed E-state index contributed by atoms with van der Waals surface area (Å²) in [5.74, 6) is -0.294. The number of hydrogen-bond acceptors (Lipinski definition) is 4. The average Bonchev–Trinajstić information content (AvgIpc) is 2.74. The van der Waals surface area contributed by atoms with Gasteiger partial charge in [-0.3, -0.25) is 0 Å². The van der Waals surface area contributed by atoms with Crippen molar-refractivity contribution in [1.29, 1.82) is 0 Å². The minimum atomic E-state index is -0.384. The van der Waals surface area contributed by atoms with Gasteiger partial charge in [-0.05, 0) is 13.3 Å². The summed E-state index contributed by atoms with van der Waals surface area (Å²) in [6.07, 6.45) is 4.10. The summed E-state index contributed by atoms with van der Waals surface area (Å²) in [5.41, 5.74) is 6.76. The molecule has 2 N–H and O–H groups in total. The molecule has 1 unspecified atom stereocenters. The number of carbonyl (C=O) groups is 1. The standard InChI is InChI=1S/C10H17N3O2/c1-4-8(11)9-5-12-6-13(9)7(2)10(14)15-3/h5-8H,4,11H2,1-3H3/t7?,8-/m1/s1. The van der Waals surface area contributed by atoms with E-state index in [-0.39, 0.29) is 18.1 Å². The Labute approximate surface area is 89.2 Å². The third-order valence-corrected chi connectivity index (χ3v) is 2.48. The van der Waals surface area contributed by atoms with Gasteiger partial charge in [-0.15, -0.1) is 0 Å². The number of ether oxygens (including phenoxy) is 1. The highest BCUT2D eigenvalue weighted by Crippen LogP contribution is 2.18. The second kappa shape index (κ2) is 4.93. The van der Waals surface area contributed by atoms with Crippen molar-refractivity contribution in [3.05, 3.63) is 18.2 Å². The molecule has 15 heavy (non-hydrogen) atoms. The molecule has 0 aliphatic heterocycles. The monoisotopic (exact) mass is 211 g/mol. The summed E-state index contributed by atoms with van der Waals surface area (Å²) < 4.78 is 6.43. The zero-order valence-electron chi connectivity index (χ0n) is 9.30. The Morgan fingerprint density at radius 2 is 2.40 bits per heavy atom. The van der Waals surface area contributed by atoms with Gasteiger partial charge in [0.1, 0.15) is 6.04 Å². The van der Waals surface area contributed by atoms with Crippen LogP contribution in [0.5, 0.6) is 0 Å². The number of rotatable bonds is 4. The molecule has 5 heteroatoms. The van der Waals surface area contributed by atoms with Crippen LogP contribution in [0.1, 0.15) is 38.0 Å². The van der Waals surface area contributed by atoms with Gasteiger partial charge in [0.25, 0.3) is 0 Å². The molecule has 1 heterocycles. The van der Waals surface area contributed by atoms with E-state index < -0.39 is 0 Å². The molecule has 2 atom stereocenters. The van der Waals surface area contributed by atoms with E-state index in [2.05, 4.69) is 9.72 Å². The first-order valence-corrected chi connectivity index (χ1v) is 4.96. The first-order valence-electron chi connectivity index (χ1n) is 4.96. The van der Waals surface area contributed by atoms with Crippen LogP contribution in [-0.2, 0) is 9.53 Å². The Hall–Kier alpha value is -1.36. The molecule has 1 aromatic heterocycles. The number of carbonyl (C=O) groups excluding carboxylic acids is 1. The maximum absolute atomic E-state index is 11.4. The van der Waals surface area contributed by atoms with Crippen molar-refractivity contribution >= 4 is 5.97 Å². The van der Waals surface area contributed by atoms with E-state index in [1.165, 1.54) is 7.11 Å². The first-order chi connectivity index (χ1) is 7.11. The SMILES string of the molecule is CC[C@@H](N)c1cncn1C(C)C(=O)OC. The highest BCUT2D eigenvalue weighted by atomic mass is 16.5. The molecular weight excluding hydrogens is 194 g/mol. The van der Waals surface area contributed by atoms with Gasteiger partial charge in [-0.2, -0.15) is 0 Å². The molecule has 0 aromatic carbocycles. The number of hydrogen-bond donors (Lipinski definition) is 1. The first kappa shape index (κ1) is 11.7. The topological polar surface area (TPSA) is 70.1 Å². The van der Waals surface area contributed by atoms with Crippen LogP contribution < -0.4 is 5.73 Å². The van der Waals surface area contributed by atoms with E-state index in [0.29, 0.717) is 0 Å². The van der Waals surface area contributed by atoms with Crippen LogP contribution in [0.2, 0.25) is 0 Å². The number of nitrogens with two attached hydrogens (primary N) is 1. The van der Waals surface area contributed by atoms with Gasteiger partial charge in [-0.25, -0.2) is 9.78 Å². The van der Waals surface area contributed by atoms with Crippen LogP contribution in [0.25, 0.3) is 0 Å². The molecule has 0 amide bonds.